The quantitative estimate of drug-likeness (QED) is 0.757. The molecule has 0 radical (unpaired) electrons. The Morgan fingerprint density at radius 1 is 1.20 bits per heavy atom. The third kappa shape index (κ3) is 4.15. The fourth-order valence-electron chi connectivity index (χ4n) is 1.90. The highest BCUT2D eigenvalue weighted by atomic mass is 19.1. The van der Waals surface area contributed by atoms with E-state index >= 15 is 0 Å². The van der Waals surface area contributed by atoms with Crippen LogP contribution in [0.5, 0.6) is 0 Å². The molecular formula is C16H15FN2O. The van der Waals surface area contributed by atoms with Gasteiger partial charge in [-0.1, -0.05) is 0 Å². The van der Waals surface area contributed by atoms with Gasteiger partial charge in [-0.3, -0.25) is 4.98 Å². The third-order valence-corrected chi connectivity index (χ3v) is 2.95. The Balaban J connectivity index is 1.76. The van der Waals surface area contributed by atoms with E-state index in [4.69, 9.17) is 10.00 Å². The lowest BCUT2D eigenvalue weighted by Gasteiger charge is -2.06. The lowest BCUT2D eigenvalue weighted by atomic mass is 10.1. The molecule has 1 aromatic heterocycles. The second-order valence-electron chi connectivity index (χ2n) is 4.42. The first-order valence-electron chi connectivity index (χ1n) is 6.45. The number of aromatic nitrogens is 1. The Kier molecular flexibility index (Phi) is 5.22. The molecule has 0 unspecified atom stereocenters. The van der Waals surface area contributed by atoms with Crippen molar-refractivity contribution >= 4 is 0 Å². The van der Waals surface area contributed by atoms with Crippen LogP contribution in [0.1, 0.15) is 23.1 Å². The SMILES string of the molecule is N#Cc1ccc(F)cc1COCCCc1ccncc1. The summed E-state index contributed by atoms with van der Waals surface area (Å²) in [5.41, 5.74) is 2.27. The first-order chi connectivity index (χ1) is 9.79. The average molecular weight is 270 g/mol. The molecule has 4 heteroatoms. The van der Waals surface area contributed by atoms with Crippen LogP contribution in [-0.2, 0) is 17.8 Å². The van der Waals surface area contributed by atoms with Crippen molar-refractivity contribution in [1.29, 1.82) is 5.26 Å². The van der Waals surface area contributed by atoms with Crippen molar-refractivity contribution in [3.63, 3.8) is 0 Å². The van der Waals surface area contributed by atoms with Gasteiger partial charge < -0.3 is 4.74 Å². The molecule has 1 heterocycles. The summed E-state index contributed by atoms with van der Waals surface area (Å²) < 4.78 is 18.6. The van der Waals surface area contributed by atoms with E-state index in [-0.39, 0.29) is 12.4 Å². The number of halogens is 1. The van der Waals surface area contributed by atoms with Gasteiger partial charge in [0, 0.05) is 19.0 Å². The van der Waals surface area contributed by atoms with E-state index in [1.54, 1.807) is 12.4 Å². The molecule has 102 valence electrons. The lowest BCUT2D eigenvalue weighted by Crippen LogP contribution is -2.00. The molecule has 2 aromatic rings. The molecule has 0 spiro atoms. The van der Waals surface area contributed by atoms with Gasteiger partial charge in [0.15, 0.2) is 0 Å². The van der Waals surface area contributed by atoms with E-state index in [9.17, 15) is 4.39 Å². The molecule has 0 saturated carbocycles. The average Bonchev–Trinajstić information content (AvgIpc) is 2.48. The van der Waals surface area contributed by atoms with Gasteiger partial charge in [-0.25, -0.2) is 4.39 Å². The van der Waals surface area contributed by atoms with Gasteiger partial charge in [0.05, 0.1) is 18.2 Å². The maximum atomic E-state index is 13.1. The van der Waals surface area contributed by atoms with Crippen LogP contribution in [0.25, 0.3) is 0 Å². The first kappa shape index (κ1) is 14.2. The van der Waals surface area contributed by atoms with E-state index < -0.39 is 0 Å². The largest absolute Gasteiger partial charge is 0.377 e. The number of rotatable bonds is 6. The standard InChI is InChI=1S/C16H15FN2O/c17-16-4-3-14(11-18)15(10-16)12-20-9-1-2-13-5-7-19-8-6-13/h3-8,10H,1-2,9,12H2. The molecule has 0 fully saturated rings. The Bertz CT molecular complexity index is 593. The van der Waals surface area contributed by atoms with E-state index in [1.807, 2.05) is 18.2 Å². The molecule has 20 heavy (non-hydrogen) atoms. The van der Waals surface area contributed by atoms with Crippen molar-refractivity contribution in [1.82, 2.24) is 4.98 Å². The minimum atomic E-state index is -0.348. The van der Waals surface area contributed by atoms with Crippen LogP contribution in [0.4, 0.5) is 4.39 Å². The first-order valence-corrected chi connectivity index (χ1v) is 6.45. The van der Waals surface area contributed by atoms with Crippen molar-refractivity contribution < 1.29 is 9.13 Å². The predicted octanol–water partition coefficient (Wildman–Crippen LogP) is 3.24. The maximum Gasteiger partial charge on any atom is 0.123 e. The fourth-order valence-corrected chi connectivity index (χ4v) is 1.90. The Morgan fingerprint density at radius 2 is 2.00 bits per heavy atom. The van der Waals surface area contributed by atoms with Crippen molar-refractivity contribution in [2.45, 2.75) is 19.4 Å². The van der Waals surface area contributed by atoms with Gasteiger partial charge in [-0.15, -0.1) is 0 Å². The Morgan fingerprint density at radius 3 is 2.75 bits per heavy atom. The van der Waals surface area contributed by atoms with Gasteiger partial charge >= 0.3 is 0 Å². The summed E-state index contributed by atoms with van der Waals surface area (Å²) in [5, 5.41) is 8.93. The molecule has 0 bridgehead atoms. The maximum absolute atomic E-state index is 13.1. The summed E-state index contributed by atoms with van der Waals surface area (Å²) in [6, 6.07) is 10.1. The molecule has 0 aliphatic heterocycles. The molecule has 0 aliphatic rings. The zero-order chi connectivity index (χ0) is 14.2. The van der Waals surface area contributed by atoms with Crippen LogP contribution in [0.15, 0.2) is 42.7 Å². The minimum Gasteiger partial charge on any atom is -0.377 e. The summed E-state index contributed by atoms with van der Waals surface area (Å²) in [7, 11) is 0. The van der Waals surface area contributed by atoms with Crippen LogP contribution < -0.4 is 0 Å². The smallest absolute Gasteiger partial charge is 0.123 e. The zero-order valence-electron chi connectivity index (χ0n) is 11.1. The van der Waals surface area contributed by atoms with Crippen molar-refractivity contribution in [2.75, 3.05) is 6.61 Å². The van der Waals surface area contributed by atoms with Gasteiger partial charge in [0.1, 0.15) is 5.82 Å². The van der Waals surface area contributed by atoms with Crippen molar-refractivity contribution in [2.24, 2.45) is 0 Å². The van der Waals surface area contributed by atoms with Crippen LogP contribution in [0.2, 0.25) is 0 Å². The number of hydrogen-bond acceptors (Lipinski definition) is 3. The van der Waals surface area contributed by atoms with Crippen molar-refractivity contribution in [3.05, 3.63) is 65.2 Å². The number of benzene rings is 1. The number of hydrogen-bond donors (Lipinski definition) is 0. The molecule has 0 saturated heterocycles. The third-order valence-electron chi connectivity index (χ3n) is 2.95. The summed E-state index contributed by atoms with van der Waals surface area (Å²) in [4.78, 5) is 3.96. The highest BCUT2D eigenvalue weighted by Crippen LogP contribution is 2.12. The lowest BCUT2D eigenvalue weighted by molar-refractivity contribution is 0.118. The van der Waals surface area contributed by atoms with Crippen LogP contribution in [0, 0.1) is 17.1 Å². The summed E-state index contributed by atoms with van der Waals surface area (Å²) in [6.07, 6.45) is 5.32. The normalized spacial score (nSPS) is 10.2. The Labute approximate surface area is 117 Å². The van der Waals surface area contributed by atoms with E-state index in [2.05, 4.69) is 4.98 Å². The topological polar surface area (TPSA) is 45.9 Å². The van der Waals surface area contributed by atoms with Crippen LogP contribution in [0.3, 0.4) is 0 Å². The monoisotopic (exact) mass is 270 g/mol. The fraction of sp³-hybridized carbons (Fsp3) is 0.250. The second-order valence-corrected chi connectivity index (χ2v) is 4.42. The number of aryl methyl sites for hydroxylation is 1. The second kappa shape index (κ2) is 7.37. The van der Waals surface area contributed by atoms with Gasteiger partial charge in [0.25, 0.3) is 0 Å². The van der Waals surface area contributed by atoms with E-state index in [0.717, 1.165) is 12.8 Å². The van der Waals surface area contributed by atoms with Crippen LogP contribution in [-0.4, -0.2) is 11.6 Å². The van der Waals surface area contributed by atoms with Gasteiger partial charge in [0.2, 0.25) is 0 Å². The molecule has 0 aliphatic carbocycles. The van der Waals surface area contributed by atoms with E-state index in [0.29, 0.717) is 17.7 Å². The van der Waals surface area contributed by atoms with Gasteiger partial charge in [-0.2, -0.15) is 5.26 Å². The van der Waals surface area contributed by atoms with Gasteiger partial charge in [-0.05, 0) is 54.3 Å². The predicted molar refractivity (Wildman–Crippen MR) is 73.3 cm³/mol. The molecular weight excluding hydrogens is 255 g/mol. The highest BCUT2D eigenvalue weighted by Gasteiger charge is 2.03. The molecule has 1 aromatic carbocycles. The van der Waals surface area contributed by atoms with Crippen molar-refractivity contribution in [3.8, 4) is 6.07 Å². The molecule has 0 amide bonds. The molecule has 3 nitrogen and oxygen atoms in total. The van der Waals surface area contributed by atoms with E-state index in [1.165, 1.54) is 23.8 Å². The number of nitrogens with zero attached hydrogens (tertiary/aromatic N) is 2. The van der Waals surface area contributed by atoms with Crippen LogP contribution >= 0.6 is 0 Å². The number of ether oxygens (including phenoxy) is 1. The minimum absolute atomic E-state index is 0.261. The Hall–Kier alpha value is -2.25. The highest BCUT2D eigenvalue weighted by molar-refractivity contribution is 5.37. The summed E-state index contributed by atoms with van der Waals surface area (Å²) in [6.45, 7) is 0.834. The zero-order valence-corrected chi connectivity index (χ0v) is 11.1. The number of nitriles is 1. The summed E-state index contributed by atoms with van der Waals surface area (Å²) >= 11 is 0. The summed E-state index contributed by atoms with van der Waals surface area (Å²) in [5.74, 6) is -0.348. The number of pyridine rings is 1. The molecule has 0 atom stereocenters. The molecule has 0 N–H and O–H groups in total. The molecule has 2 rings (SSSR count).